The zero-order valence-electron chi connectivity index (χ0n) is 16.3. The summed E-state index contributed by atoms with van der Waals surface area (Å²) in [5.74, 6) is 1.30. The molecule has 1 aromatic rings. The highest BCUT2D eigenvalue weighted by Crippen LogP contribution is 2.38. The Kier molecular flexibility index (Phi) is 7.43. The molecule has 0 fully saturated rings. The van der Waals surface area contributed by atoms with Crippen LogP contribution in [0.15, 0.2) is 42.0 Å². The van der Waals surface area contributed by atoms with E-state index in [9.17, 15) is 9.59 Å². The molecule has 0 heterocycles. The minimum atomic E-state index is -0.122. The number of rotatable bonds is 7. The zero-order valence-corrected chi connectivity index (χ0v) is 16.3. The molecule has 142 valence electrons. The van der Waals surface area contributed by atoms with Crippen molar-refractivity contribution in [3.8, 4) is 0 Å². The van der Waals surface area contributed by atoms with E-state index in [1.807, 2.05) is 37.3 Å². The Morgan fingerprint density at radius 3 is 2.54 bits per heavy atom. The molecule has 0 saturated carbocycles. The summed E-state index contributed by atoms with van der Waals surface area (Å²) in [4.78, 5) is 24.2. The highest BCUT2D eigenvalue weighted by atomic mass is 16.5. The number of benzene rings is 1. The third-order valence-electron chi connectivity index (χ3n) is 5.34. The van der Waals surface area contributed by atoms with Crippen LogP contribution in [0.2, 0.25) is 0 Å². The van der Waals surface area contributed by atoms with Crippen molar-refractivity contribution in [1.29, 1.82) is 0 Å². The number of ether oxygens (including phenoxy) is 1. The number of allylic oxidation sites excluding steroid dienone is 1. The lowest BCUT2D eigenvalue weighted by Gasteiger charge is -2.37. The number of carbonyl (C=O) groups is 2. The summed E-state index contributed by atoms with van der Waals surface area (Å²) in [5.41, 5.74) is 1.92. The SMILES string of the molecule is CCOC(=O)C[C@H]1C[C@@H](C(C)C)[C@H](CNC(=O)c2ccccc2)C=C1C. The van der Waals surface area contributed by atoms with Crippen LogP contribution in [0, 0.1) is 23.7 Å². The summed E-state index contributed by atoms with van der Waals surface area (Å²) >= 11 is 0. The van der Waals surface area contributed by atoms with Crippen LogP contribution < -0.4 is 5.32 Å². The molecule has 1 amide bonds. The van der Waals surface area contributed by atoms with Gasteiger partial charge in [0.15, 0.2) is 0 Å². The summed E-state index contributed by atoms with van der Waals surface area (Å²) < 4.78 is 5.12. The second kappa shape index (κ2) is 9.56. The summed E-state index contributed by atoms with van der Waals surface area (Å²) in [7, 11) is 0. The lowest BCUT2D eigenvalue weighted by Crippen LogP contribution is -2.37. The van der Waals surface area contributed by atoms with Crippen molar-refractivity contribution < 1.29 is 14.3 Å². The van der Waals surface area contributed by atoms with Gasteiger partial charge in [0.25, 0.3) is 5.91 Å². The van der Waals surface area contributed by atoms with Gasteiger partial charge < -0.3 is 10.1 Å². The maximum Gasteiger partial charge on any atom is 0.306 e. The molecular weight excluding hydrogens is 326 g/mol. The monoisotopic (exact) mass is 357 g/mol. The fraction of sp³-hybridized carbons (Fsp3) is 0.545. The normalized spacial score (nSPS) is 22.7. The fourth-order valence-corrected chi connectivity index (χ4v) is 3.83. The molecule has 4 nitrogen and oxygen atoms in total. The largest absolute Gasteiger partial charge is 0.466 e. The molecule has 3 atom stereocenters. The first-order valence-corrected chi connectivity index (χ1v) is 9.59. The first-order valence-electron chi connectivity index (χ1n) is 9.59. The van der Waals surface area contributed by atoms with Crippen molar-refractivity contribution in [3.63, 3.8) is 0 Å². The summed E-state index contributed by atoms with van der Waals surface area (Å²) in [6.45, 7) is 9.41. The van der Waals surface area contributed by atoms with Gasteiger partial charge >= 0.3 is 5.97 Å². The molecule has 26 heavy (non-hydrogen) atoms. The average Bonchev–Trinajstić information content (AvgIpc) is 2.62. The van der Waals surface area contributed by atoms with E-state index in [0.29, 0.717) is 42.9 Å². The van der Waals surface area contributed by atoms with E-state index < -0.39 is 0 Å². The molecule has 0 radical (unpaired) electrons. The van der Waals surface area contributed by atoms with E-state index >= 15 is 0 Å². The molecule has 0 aromatic heterocycles. The minimum Gasteiger partial charge on any atom is -0.466 e. The number of nitrogens with one attached hydrogen (secondary N) is 1. The first-order chi connectivity index (χ1) is 12.4. The predicted octanol–water partition coefficient (Wildman–Crippen LogP) is 4.22. The number of carbonyl (C=O) groups excluding carboxylic acids is 2. The molecule has 0 unspecified atom stereocenters. The molecule has 1 aromatic carbocycles. The standard InChI is InChI=1S/C22H31NO3/c1-5-26-21(24)13-18-12-20(15(2)3)19(11-16(18)4)14-23-22(25)17-9-7-6-8-10-17/h6-11,15,18-20H,5,12-14H2,1-4H3,(H,23,25)/t18-,19+,20+/m1/s1. The molecule has 0 saturated heterocycles. The molecule has 0 aliphatic heterocycles. The van der Waals surface area contributed by atoms with Gasteiger partial charge in [0.1, 0.15) is 0 Å². The van der Waals surface area contributed by atoms with Gasteiger partial charge in [-0.3, -0.25) is 9.59 Å². The number of amides is 1. The Labute approximate surface area is 157 Å². The van der Waals surface area contributed by atoms with Crippen LogP contribution in [0.3, 0.4) is 0 Å². The summed E-state index contributed by atoms with van der Waals surface area (Å²) in [5, 5.41) is 3.07. The van der Waals surface area contributed by atoms with E-state index in [1.165, 1.54) is 5.57 Å². The van der Waals surface area contributed by atoms with Gasteiger partial charge in [0.2, 0.25) is 0 Å². The van der Waals surface area contributed by atoms with Crippen molar-refractivity contribution in [2.24, 2.45) is 23.7 Å². The third kappa shape index (κ3) is 5.45. The van der Waals surface area contributed by atoms with Crippen LogP contribution in [0.1, 0.15) is 50.9 Å². The van der Waals surface area contributed by atoms with E-state index in [-0.39, 0.29) is 17.8 Å². The lowest BCUT2D eigenvalue weighted by atomic mass is 9.70. The first kappa shape index (κ1) is 20.2. The Bertz CT molecular complexity index is 636. The van der Waals surface area contributed by atoms with E-state index in [0.717, 1.165) is 6.42 Å². The van der Waals surface area contributed by atoms with E-state index in [4.69, 9.17) is 4.74 Å². The summed E-state index contributed by atoms with van der Waals surface area (Å²) in [6, 6.07) is 9.30. The van der Waals surface area contributed by atoms with Gasteiger partial charge in [-0.2, -0.15) is 0 Å². The topological polar surface area (TPSA) is 55.4 Å². The van der Waals surface area contributed by atoms with Crippen LogP contribution in [0.25, 0.3) is 0 Å². The van der Waals surface area contributed by atoms with Gasteiger partial charge in [-0.15, -0.1) is 0 Å². The number of hydrogen-bond acceptors (Lipinski definition) is 3. The van der Waals surface area contributed by atoms with Crippen molar-refractivity contribution in [2.75, 3.05) is 13.2 Å². The quantitative estimate of drug-likeness (QED) is 0.587. The Balaban J connectivity index is 2.03. The predicted molar refractivity (Wildman–Crippen MR) is 104 cm³/mol. The van der Waals surface area contributed by atoms with Crippen molar-refractivity contribution in [3.05, 3.63) is 47.5 Å². The van der Waals surface area contributed by atoms with Gasteiger partial charge in [0, 0.05) is 12.1 Å². The molecule has 4 heteroatoms. The van der Waals surface area contributed by atoms with Crippen LogP contribution >= 0.6 is 0 Å². The van der Waals surface area contributed by atoms with Gasteiger partial charge in [0.05, 0.1) is 13.0 Å². The van der Waals surface area contributed by atoms with Crippen LogP contribution in [0.4, 0.5) is 0 Å². The van der Waals surface area contributed by atoms with Crippen LogP contribution in [-0.2, 0) is 9.53 Å². The fourth-order valence-electron chi connectivity index (χ4n) is 3.83. The molecule has 1 aliphatic carbocycles. The zero-order chi connectivity index (χ0) is 19.1. The smallest absolute Gasteiger partial charge is 0.306 e. The van der Waals surface area contributed by atoms with Crippen molar-refractivity contribution >= 4 is 11.9 Å². The Morgan fingerprint density at radius 1 is 1.23 bits per heavy atom. The molecule has 1 aliphatic rings. The van der Waals surface area contributed by atoms with Crippen LogP contribution in [-0.4, -0.2) is 25.0 Å². The number of esters is 1. The molecule has 1 N–H and O–H groups in total. The molecule has 0 spiro atoms. The van der Waals surface area contributed by atoms with Gasteiger partial charge in [-0.25, -0.2) is 0 Å². The second-order valence-corrected chi connectivity index (χ2v) is 7.50. The van der Waals surface area contributed by atoms with Gasteiger partial charge in [-0.05, 0) is 56.1 Å². The maximum atomic E-state index is 12.3. The Morgan fingerprint density at radius 2 is 1.92 bits per heavy atom. The second-order valence-electron chi connectivity index (χ2n) is 7.50. The lowest BCUT2D eigenvalue weighted by molar-refractivity contribution is -0.144. The maximum absolute atomic E-state index is 12.3. The highest BCUT2D eigenvalue weighted by Gasteiger charge is 2.32. The van der Waals surface area contributed by atoms with E-state index in [2.05, 4.69) is 32.2 Å². The van der Waals surface area contributed by atoms with Crippen molar-refractivity contribution in [2.45, 2.75) is 40.5 Å². The molecule has 2 rings (SSSR count). The van der Waals surface area contributed by atoms with E-state index in [1.54, 1.807) is 0 Å². The third-order valence-corrected chi connectivity index (χ3v) is 5.34. The highest BCUT2D eigenvalue weighted by molar-refractivity contribution is 5.94. The molecule has 0 bridgehead atoms. The average molecular weight is 357 g/mol. The Hall–Kier alpha value is -2.10. The van der Waals surface area contributed by atoms with Crippen molar-refractivity contribution in [1.82, 2.24) is 5.32 Å². The minimum absolute atomic E-state index is 0.0344. The summed E-state index contributed by atoms with van der Waals surface area (Å²) in [6.07, 6.45) is 3.66. The van der Waals surface area contributed by atoms with Gasteiger partial charge in [-0.1, -0.05) is 43.7 Å². The van der Waals surface area contributed by atoms with Crippen LogP contribution in [0.5, 0.6) is 0 Å². The number of hydrogen-bond donors (Lipinski definition) is 1. The molecular formula is C22H31NO3.